The molecule has 0 bridgehead atoms. The summed E-state index contributed by atoms with van der Waals surface area (Å²) in [4.78, 5) is 49.7. The molecule has 1 saturated heterocycles. The van der Waals surface area contributed by atoms with Gasteiger partial charge in [-0.05, 0) is 45.2 Å². The van der Waals surface area contributed by atoms with Crippen LogP contribution < -0.4 is 10.6 Å². The number of rotatable bonds is 10. The fraction of sp³-hybridized carbons (Fsp3) is 0.536. The first kappa shape index (κ1) is 30.2. The third kappa shape index (κ3) is 8.34. The summed E-state index contributed by atoms with van der Waals surface area (Å²) in [5.41, 5.74) is 0.985. The summed E-state index contributed by atoms with van der Waals surface area (Å²) in [6.45, 7) is 12.5. The molecular formula is C28H40BN5O5. The summed E-state index contributed by atoms with van der Waals surface area (Å²) in [5, 5.41) is 5.84. The van der Waals surface area contributed by atoms with Gasteiger partial charge in [-0.3, -0.25) is 24.3 Å². The zero-order chi connectivity index (χ0) is 28.5. The van der Waals surface area contributed by atoms with Gasteiger partial charge >= 0.3 is 13.1 Å². The van der Waals surface area contributed by atoms with Gasteiger partial charge in [0.2, 0.25) is 5.91 Å². The van der Waals surface area contributed by atoms with E-state index in [-0.39, 0.29) is 30.2 Å². The number of hydrogen-bond acceptors (Lipinski definition) is 8. The lowest BCUT2D eigenvalue weighted by molar-refractivity contribution is -0.147. The standard InChI is InChI=1S/C28H40BN5O5/c1-7-34-19(4)21(6)38-29(39-28(37)20(34)5)25(15-18(2)3)33-26(35)23(16-22-11-9-8-10-12-22)32-27(36)24-17-30-13-14-31-24/h8-14,17-21,23,25H,7,15-16H2,1-6H3,(H,32,36)(H,33,35)/t19-,20-,21+,23+,25+/m1/s1. The van der Waals surface area contributed by atoms with E-state index in [2.05, 4.69) is 20.6 Å². The number of aromatic nitrogens is 2. The molecule has 1 aliphatic rings. The van der Waals surface area contributed by atoms with E-state index < -0.39 is 42.9 Å². The van der Waals surface area contributed by atoms with E-state index >= 15 is 0 Å². The summed E-state index contributed by atoms with van der Waals surface area (Å²) < 4.78 is 12.1. The van der Waals surface area contributed by atoms with Crippen molar-refractivity contribution in [1.29, 1.82) is 0 Å². The average molecular weight is 537 g/mol. The Morgan fingerprint density at radius 3 is 2.44 bits per heavy atom. The van der Waals surface area contributed by atoms with Gasteiger partial charge < -0.3 is 19.9 Å². The molecule has 10 nitrogen and oxygen atoms in total. The zero-order valence-corrected chi connectivity index (χ0v) is 23.7. The molecule has 0 radical (unpaired) electrons. The molecule has 0 unspecified atom stereocenters. The normalized spacial score (nSPS) is 21.9. The van der Waals surface area contributed by atoms with Crippen molar-refractivity contribution in [3.05, 3.63) is 60.2 Å². The second kappa shape index (κ2) is 14.2. The Morgan fingerprint density at radius 2 is 1.82 bits per heavy atom. The van der Waals surface area contributed by atoms with Gasteiger partial charge in [-0.1, -0.05) is 51.1 Å². The van der Waals surface area contributed by atoms with E-state index in [4.69, 9.17) is 9.31 Å². The van der Waals surface area contributed by atoms with Gasteiger partial charge in [0.1, 0.15) is 17.8 Å². The second-order valence-corrected chi connectivity index (χ2v) is 10.4. The van der Waals surface area contributed by atoms with E-state index in [0.29, 0.717) is 13.0 Å². The number of likely N-dealkylation sites (N-methyl/N-ethyl adjacent to an activating group) is 1. The van der Waals surface area contributed by atoms with Crippen LogP contribution in [0.2, 0.25) is 0 Å². The van der Waals surface area contributed by atoms with E-state index in [1.807, 2.05) is 76.8 Å². The molecule has 210 valence electrons. The van der Waals surface area contributed by atoms with Crippen molar-refractivity contribution in [2.45, 2.75) is 84.6 Å². The lowest BCUT2D eigenvalue weighted by Crippen LogP contribution is -2.61. The molecule has 0 aliphatic carbocycles. The smallest absolute Gasteiger partial charge is 0.507 e. The second-order valence-electron chi connectivity index (χ2n) is 10.4. The monoisotopic (exact) mass is 537 g/mol. The van der Waals surface area contributed by atoms with Crippen molar-refractivity contribution in [2.75, 3.05) is 6.54 Å². The van der Waals surface area contributed by atoms with E-state index in [1.54, 1.807) is 0 Å². The van der Waals surface area contributed by atoms with Gasteiger partial charge in [0.05, 0.1) is 18.2 Å². The summed E-state index contributed by atoms with van der Waals surface area (Å²) >= 11 is 0. The molecule has 11 heteroatoms. The Morgan fingerprint density at radius 1 is 1.10 bits per heavy atom. The maximum absolute atomic E-state index is 13.7. The van der Waals surface area contributed by atoms with Crippen molar-refractivity contribution < 1.29 is 23.7 Å². The third-order valence-electron chi connectivity index (χ3n) is 7.07. The van der Waals surface area contributed by atoms with E-state index in [0.717, 1.165) is 5.56 Å². The Kier molecular flexibility index (Phi) is 11.0. The molecule has 2 heterocycles. The Labute approximate surface area is 231 Å². The minimum Gasteiger partial charge on any atom is -0.507 e. The summed E-state index contributed by atoms with van der Waals surface area (Å²) in [6.07, 6.45) is 4.75. The van der Waals surface area contributed by atoms with Crippen LogP contribution >= 0.6 is 0 Å². The number of carbonyl (C=O) groups is 3. The SMILES string of the molecule is CCN1[C@H](C)C(=O)OB([C@H](CC(C)C)NC(=O)[C@H](Cc2ccccc2)NC(=O)c2cnccn2)O[C@@H](C)[C@H]1C. The minimum atomic E-state index is -0.976. The Bertz CT molecular complexity index is 1090. The van der Waals surface area contributed by atoms with Gasteiger partial charge in [0.15, 0.2) is 0 Å². The number of nitrogens with zero attached hydrogens (tertiary/aromatic N) is 3. The first-order valence-electron chi connectivity index (χ1n) is 13.6. The van der Waals surface area contributed by atoms with Crippen molar-refractivity contribution >= 4 is 24.9 Å². The van der Waals surface area contributed by atoms with E-state index in [9.17, 15) is 14.4 Å². The molecule has 3 rings (SSSR count). The van der Waals surface area contributed by atoms with Gasteiger partial charge in [0.25, 0.3) is 5.91 Å². The van der Waals surface area contributed by atoms with E-state index in [1.165, 1.54) is 18.6 Å². The van der Waals surface area contributed by atoms with Crippen LogP contribution in [0.3, 0.4) is 0 Å². The number of benzene rings is 1. The van der Waals surface area contributed by atoms with Crippen LogP contribution in [0, 0.1) is 5.92 Å². The lowest BCUT2D eigenvalue weighted by atomic mass is 9.72. The highest BCUT2D eigenvalue weighted by Gasteiger charge is 2.43. The maximum Gasteiger partial charge on any atom is 0.551 e. The van der Waals surface area contributed by atoms with Crippen LogP contribution in [-0.2, 0) is 25.3 Å². The highest BCUT2D eigenvalue weighted by Crippen LogP contribution is 2.21. The molecule has 1 aromatic carbocycles. The van der Waals surface area contributed by atoms with Crippen LogP contribution in [-0.4, -0.2) is 76.5 Å². The number of amides is 2. The van der Waals surface area contributed by atoms with Crippen molar-refractivity contribution in [1.82, 2.24) is 25.5 Å². The molecular weight excluding hydrogens is 497 g/mol. The first-order valence-corrected chi connectivity index (χ1v) is 13.6. The summed E-state index contributed by atoms with van der Waals surface area (Å²) in [5.74, 6) is -1.78. The largest absolute Gasteiger partial charge is 0.551 e. The van der Waals surface area contributed by atoms with Crippen LogP contribution in [0.1, 0.15) is 64.0 Å². The number of carbonyl (C=O) groups excluding carboxylic acids is 3. The minimum absolute atomic E-state index is 0.0344. The number of hydrogen-bond donors (Lipinski definition) is 2. The first-order chi connectivity index (χ1) is 18.6. The van der Waals surface area contributed by atoms with Crippen LogP contribution in [0.15, 0.2) is 48.9 Å². The van der Waals surface area contributed by atoms with Crippen molar-refractivity contribution in [3.63, 3.8) is 0 Å². The van der Waals surface area contributed by atoms with Gasteiger partial charge in [0, 0.05) is 24.9 Å². The van der Waals surface area contributed by atoms with Crippen molar-refractivity contribution in [3.8, 4) is 0 Å². The molecule has 1 aromatic heterocycles. The Balaban J connectivity index is 1.85. The summed E-state index contributed by atoms with van der Waals surface area (Å²) in [7, 11) is -0.976. The van der Waals surface area contributed by atoms with Gasteiger partial charge in [-0.2, -0.15) is 0 Å². The maximum atomic E-state index is 13.7. The van der Waals surface area contributed by atoms with Gasteiger partial charge in [-0.25, -0.2) is 4.98 Å². The third-order valence-corrected chi connectivity index (χ3v) is 7.07. The Hall–Kier alpha value is -3.31. The van der Waals surface area contributed by atoms with Crippen molar-refractivity contribution in [2.24, 2.45) is 5.92 Å². The predicted molar refractivity (Wildman–Crippen MR) is 149 cm³/mol. The molecule has 0 spiro atoms. The fourth-order valence-corrected chi connectivity index (χ4v) is 4.80. The lowest BCUT2D eigenvalue weighted by Gasteiger charge is -2.40. The fourth-order valence-electron chi connectivity index (χ4n) is 4.80. The van der Waals surface area contributed by atoms with Crippen LogP contribution in [0.5, 0.6) is 0 Å². The molecule has 0 saturated carbocycles. The molecule has 1 fully saturated rings. The molecule has 2 aromatic rings. The summed E-state index contributed by atoms with van der Waals surface area (Å²) in [6, 6.07) is 8.03. The van der Waals surface area contributed by atoms with Crippen LogP contribution in [0.4, 0.5) is 0 Å². The average Bonchev–Trinajstić information content (AvgIpc) is 2.92. The molecule has 5 atom stereocenters. The highest BCUT2D eigenvalue weighted by atomic mass is 16.6. The molecule has 2 amide bonds. The zero-order valence-electron chi connectivity index (χ0n) is 23.7. The van der Waals surface area contributed by atoms with Gasteiger partial charge in [-0.15, -0.1) is 0 Å². The molecule has 39 heavy (non-hydrogen) atoms. The predicted octanol–water partition coefficient (Wildman–Crippen LogP) is 2.44. The van der Waals surface area contributed by atoms with Crippen LogP contribution in [0.25, 0.3) is 0 Å². The molecule has 2 N–H and O–H groups in total. The highest BCUT2D eigenvalue weighted by molar-refractivity contribution is 6.49. The topological polar surface area (TPSA) is 123 Å². The number of nitrogens with one attached hydrogen (secondary N) is 2. The molecule has 1 aliphatic heterocycles. The quantitative estimate of drug-likeness (QED) is 0.444.